The summed E-state index contributed by atoms with van der Waals surface area (Å²) in [6, 6.07) is 18.8. The third kappa shape index (κ3) is 6.76. The summed E-state index contributed by atoms with van der Waals surface area (Å²) in [5, 5.41) is 20.8. The molecule has 0 aliphatic heterocycles. The van der Waals surface area contributed by atoms with Crippen molar-refractivity contribution in [2.24, 2.45) is 0 Å². The van der Waals surface area contributed by atoms with Gasteiger partial charge >= 0.3 is 12.0 Å². The third-order valence-corrected chi connectivity index (χ3v) is 7.11. The average Bonchev–Trinajstić information content (AvgIpc) is 3.31. The van der Waals surface area contributed by atoms with Crippen molar-refractivity contribution in [1.29, 1.82) is 0 Å². The molecule has 0 saturated heterocycles. The molecule has 1 aliphatic carbocycles. The smallest absolute Gasteiger partial charge is 0.328 e. The fourth-order valence-corrected chi connectivity index (χ4v) is 5.03. The van der Waals surface area contributed by atoms with Crippen LogP contribution < -0.4 is 21.3 Å². The van der Waals surface area contributed by atoms with Gasteiger partial charge in [-0.25, -0.2) is 9.59 Å². The van der Waals surface area contributed by atoms with Crippen molar-refractivity contribution < 1.29 is 19.5 Å². The van der Waals surface area contributed by atoms with Crippen molar-refractivity contribution in [3.8, 4) is 0 Å². The van der Waals surface area contributed by atoms with Gasteiger partial charge in [0, 0.05) is 6.54 Å². The van der Waals surface area contributed by atoms with Gasteiger partial charge in [-0.3, -0.25) is 4.79 Å². The van der Waals surface area contributed by atoms with Crippen LogP contribution in [-0.2, 0) is 17.6 Å². The molecule has 0 aromatic heterocycles. The number of carboxylic acids is 1. The summed E-state index contributed by atoms with van der Waals surface area (Å²) < 4.78 is 0. The number of benzene rings is 3. The lowest BCUT2D eigenvalue weighted by Gasteiger charge is -2.19. The molecule has 0 spiro atoms. The number of nitrogens with one attached hydrogen (secondary N) is 4. The third-order valence-electron chi connectivity index (χ3n) is 6.40. The van der Waals surface area contributed by atoms with Gasteiger partial charge in [-0.05, 0) is 48.1 Å². The van der Waals surface area contributed by atoms with Crippen molar-refractivity contribution in [2.75, 3.05) is 18.4 Å². The summed E-state index contributed by atoms with van der Waals surface area (Å²) in [7, 11) is 0. The highest BCUT2D eigenvalue weighted by molar-refractivity contribution is 6.41. The first-order valence-corrected chi connectivity index (χ1v) is 13.0. The molecular formula is C28H28Cl2N4O4. The first-order chi connectivity index (χ1) is 18.3. The molecule has 38 heavy (non-hydrogen) atoms. The molecule has 3 amide bonds. The van der Waals surface area contributed by atoms with Gasteiger partial charge in [0.05, 0.1) is 33.9 Å². The molecule has 1 unspecified atom stereocenters. The van der Waals surface area contributed by atoms with E-state index >= 15 is 0 Å². The maximum Gasteiger partial charge on any atom is 0.328 e. The molecule has 5 N–H and O–H groups in total. The van der Waals surface area contributed by atoms with Gasteiger partial charge < -0.3 is 26.4 Å². The summed E-state index contributed by atoms with van der Waals surface area (Å²) in [5.74, 6) is -2.07. The van der Waals surface area contributed by atoms with Crippen molar-refractivity contribution in [2.45, 2.75) is 31.3 Å². The molecule has 3 aromatic rings. The van der Waals surface area contributed by atoms with Crippen LogP contribution in [0.15, 0.2) is 66.7 Å². The molecule has 8 nitrogen and oxygen atoms in total. The summed E-state index contributed by atoms with van der Waals surface area (Å²) in [5.41, 5.74) is 3.82. The van der Waals surface area contributed by atoms with Gasteiger partial charge in [0.15, 0.2) is 0 Å². The maximum atomic E-state index is 13.0. The first-order valence-electron chi connectivity index (χ1n) is 12.2. The highest BCUT2D eigenvalue weighted by Crippen LogP contribution is 2.32. The van der Waals surface area contributed by atoms with E-state index in [1.807, 2.05) is 54.6 Å². The predicted molar refractivity (Wildman–Crippen MR) is 148 cm³/mol. The number of aryl methyl sites for hydroxylation is 1. The molecule has 0 heterocycles. The van der Waals surface area contributed by atoms with E-state index in [-0.39, 0.29) is 28.2 Å². The normalized spacial score (nSPS) is 14.7. The number of halogens is 2. The summed E-state index contributed by atoms with van der Waals surface area (Å²) in [4.78, 5) is 37.3. The van der Waals surface area contributed by atoms with Crippen LogP contribution in [0.1, 0.15) is 39.5 Å². The average molecular weight is 555 g/mol. The van der Waals surface area contributed by atoms with Crippen LogP contribution in [0.4, 0.5) is 10.5 Å². The van der Waals surface area contributed by atoms with E-state index in [1.165, 1.54) is 11.6 Å². The second-order valence-corrected chi connectivity index (χ2v) is 9.74. The number of hydrogen-bond acceptors (Lipinski definition) is 4. The van der Waals surface area contributed by atoms with E-state index in [9.17, 15) is 19.5 Å². The van der Waals surface area contributed by atoms with Crippen molar-refractivity contribution in [3.63, 3.8) is 0 Å². The Morgan fingerprint density at radius 3 is 2.47 bits per heavy atom. The van der Waals surface area contributed by atoms with Crippen LogP contribution in [-0.4, -0.2) is 42.1 Å². The zero-order chi connectivity index (χ0) is 27.1. The van der Waals surface area contributed by atoms with Gasteiger partial charge in [-0.2, -0.15) is 0 Å². The van der Waals surface area contributed by atoms with Crippen LogP contribution in [0.5, 0.6) is 0 Å². The van der Waals surface area contributed by atoms with E-state index in [4.69, 9.17) is 23.2 Å². The van der Waals surface area contributed by atoms with Crippen molar-refractivity contribution in [1.82, 2.24) is 16.0 Å². The molecule has 198 valence electrons. The Morgan fingerprint density at radius 1 is 0.974 bits per heavy atom. The van der Waals surface area contributed by atoms with Gasteiger partial charge in [0.2, 0.25) is 0 Å². The Balaban J connectivity index is 1.35. The summed E-state index contributed by atoms with van der Waals surface area (Å²) >= 11 is 12.7. The Morgan fingerprint density at radius 2 is 1.71 bits per heavy atom. The number of carboxylic acid groups (broad SMARTS) is 1. The van der Waals surface area contributed by atoms with E-state index in [1.54, 1.807) is 6.07 Å². The zero-order valence-corrected chi connectivity index (χ0v) is 22.0. The van der Waals surface area contributed by atoms with Crippen LogP contribution in [0.2, 0.25) is 10.0 Å². The summed E-state index contributed by atoms with van der Waals surface area (Å²) in [6.45, 7) is 0.236. The number of carbonyl (C=O) groups excluding carboxylic acids is 2. The lowest BCUT2D eigenvalue weighted by molar-refractivity contribution is -0.139. The first kappa shape index (κ1) is 27.3. The van der Waals surface area contributed by atoms with Gasteiger partial charge in [0.1, 0.15) is 6.04 Å². The minimum atomic E-state index is -1.40. The van der Waals surface area contributed by atoms with E-state index in [0.29, 0.717) is 12.2 Å². The second-order valence-electron chi connectivity index (χ2n) is 8.96. The van der Waals surface area contributed by atoms with Crippen molar-refractivity contribution in [3.05, 3.63) is 99.0 Å². The molecule has 2 atom stereocenters. The van der Waals surface area contributed by atoms with E-state index < -0.39 is 23.9 Å². The topological polar surface area (TPSA) is 120 Å². The molecule has 0 bridgehead atoms. The lowest BCUT2D eigenvalue weighted by atomic mass is 10.1. The standard InChI is InChI=1S/C28H28Cl2N4O4/c29-20-11-13-22(31-15-14-17-6-2-1-3-7-17)25(30)24(20)26(35)33-23(27(36)37)16-32-28(38)34-21-12-10-18-8-4-5-9-19(18)21/h1-9,11,13,21,23,31H,10,12,14-16H2,(H,33,35)(H,36,37)(H2,32,34,38)/t21?,23-/m0/s1. The molecule has 10 heteroatoms. The number of carbonyl (C=O) groups is 3. The van der Waals surface area contributed by atoms with Gasteiger partial charge in [-0.1, -0.05) is 77.8 Å². The predicted octanol–water partition coefficient (Wildman–Crippen LogP) is 4.82. The number of rotatable bonds is 10. The Labute approximate surface area is 230 Å². The van der Waals surface area contributed by atoms with Crippen LogP contribution >= 0.6 is 23.2 Å². The number of fused-ring (bicyclic) bond motifs is 1. The number of amides is 3. The van der Waals surface area contributed by atoms with Crippen molar-refractivity contribution >= 4 is 46.8 Å². The number of urea groups is 1. The lowest BCUT2D eigenvalue weighted by Crippen LogP contribution is -2.50. The fraction of sp³-hybridized carbons (Fsp3) is 0.250. The largest absolute Gasteiger partial charge is 0.480 e. The monoisotopic (exact) mass is 554 g/mol. The molecular weight excluding hydrogens is 527 g/mol. The maximum absolute atomic E-state index is 13.0. The minimum Gasteiger partial charge on any atom is -0.480 e. The highest BCUT2D eigenvalue weighted by atomic mass is 35.5. The van der Waals surface area contributed by atoms with Gasteiger partial charge in [-0.15, -0.1) is 0 Å². The SMILES string of the molecule is O=C(NC[C@H](NC(=O)c1c(Cl)ccc(NCCc2ccccc2)c1Cl)C(=O)O)NC1CCc2ccccc21. The highest BCUT2D eigenvalue weighted by Gasteiger charge is 2.27. The molecule has 4 rings (SSSR count). The Hall–Kier alpha value is -3.75. The van der Waals surface area contributed by atoms with Crippen LogP contribution in [0, 0.1) is 0 Å². The molecule has 1 aliphatic rings. The number of anilines is 1. The molecule has 0 saturated carbocycles. The fourth-order valence-electron chi connectivity index (χ4n) is 4.42. The quantitative estimate of drug-likeness (QED) is 0.246. The second kappa shape index (κ2) is 12.7. The number of aliphatic carboxylic acids is 1. The molecule has 0 fully saturated rings. The van der Waals surface area contributed by atoms with Crippen LogP contribution in [0.25, 0.3) is 0 Å². The number of hydrogen-bond donors (Lipinski definition) is 5. The Bertz CT molecular complexity index is 1320. The minimum absolute atomic E-state index is 0.0451. The van der Waals surface area contributed by atoms with E-state index in [0.717, 1.165) is 30.4 Å². The molecule has 3 aromatic carbocycles. The van der Waals surface area contributed by atoms with Gasteiger partial charge in [0.25, 0.3) is 5.91 Å². The van der Waals surface area contributed by atoms with E-state index in [2.05, 4.69) is 21.3 Å². The molecule has 0 radical (unpaired) electrons. The summed E-state index contributed by atoms with van der Waals surface area (Å²) in [6.07, 6.45) is 2.36. The van der Waals surface area contributed by atoms with Crippen LogP contribution in [0.3, 0.4) is 0 Å². The Kier molecular flexibility index (Phi) is 9.10. The zero-order valence-electron chi connectivity index (χ0n) is 20.5.